The number of rotatable bonds is 4. The lowest BCUT2D eigenvalue weighted by Gasteiger charge is -2.35. The lowest BCUT2D eigenvalue weighted by Crippen LogP contribution is -2.63. The Hall–Kier alpha value is -3.34. The van der Waals surface area contributed by atoms with Crippen LogP contribution >= 0.6 is 0 Å². The SMILES string of the molecule is CC1=C(C)N2C(=NC3C2C(=O)NC(=O)N3C)N1CCN1CCN(C(=O)c2ccco2)CC1. The zero-order chi connectivity index (χ0) is 22.6. The molecule has 1 N–H and O–H groups in total. The molecule has 170 valence electrons. The lowest BCUT2D eigenvalue weighted by molar-refractivity contribution is -0.126. The molecule has 4 amide bonds. The number of hydrogen-bond acceptors (Lipinski definition) is 8. The normalized spacial score (nSPS) is 25.9. The van der Waals surface area contributed by atoms with Crippen molar-refractivity contribution < 1.29 is 18.8 Å². The summed E-state index contributed by atoms with van der Waals surface area (Å²) in [6.45, 7) is 8.39. The van der Waals surface area contributed by atoms with E-state index in [1.54, 1.807) is 19.2 Å². The minimum atomic E-state index is -0.538. The van der Waals surface area contributed by atoms with Gasteiger partial charge in [-0.25, -0.2) is 9.79 Å². The Morgan fingerprint density at radius 2 is 1.91 bits per heavy atom. The number of aliphatic imine (C=N–C) groups is 1. The molecule has 0 spiro atoms. The van der Waals surface area contributed by atoms with E-state index < -0.39 is 18.2 Å². The van der Waals surface area contributed by atoms with Crippen LogP contribution in [0.3, 0.4) is 0 Å². The maximum absolute atomic E-state index is 12.5. The fraction of sp³-hybridized carbons (Fsp3) is 0.524. The van der Waals surface area contributed by atoms with Crippen molar-refractivity contribution in [2.24, 2.45) is 4.99 Å². The first-order valence-electron chi connectivity index (χ1n) is 10.8. The highest BCUT2D eigenvalue weighted by molar-refractivity contribution is 6.05. The van der Waals surface area contributed by atoms with Gasteiger partial charge in [0.1, 0.15) is 0 Å². The van der Waals surface area contributed by atoms with Crippen molar-refractivity contribution in [3.63, 3.8) is 0 Å². The van der Waals surface area contributed by atoms with Crippen LogP contribution in [0.5, 0.6) is 0 Å². The molecule has 0 saturated carbocycles. The van der Waals surface area contributed by atoms with Gasteiger partial charge >= 0.3 is 6.03 Å². The van der Waals surface area contributed by atoms with Gasteiger partial charge in [0.05, 0.1) is 6.26 Å². The first-order chi connectivity index (χ1) is 15.4. The van der Waals surface area contributed by atoms with E-state index in [4.69, 9.17) is 9.41 Å². The van der Waals surface area contributed by atoms with Gasteiger partial charge in [-0.15, -0.1) is 0 Å². The highest BCUT2D eigenvalue weighted by atomic mass is 16.3. The first-order valence-corrected chi connectivity index (χ1v) is 10.8. The van der Waals surface area contributed by atoms with E-state index in [9.17, 15) is 14.4 Å². The van der Waals surface area contributed by atoms with E-state index in [0.29, 0.717) is 25.4 Å². The molecule has 2 saturated heterocycles. The zero-order valence-corrected chi connectivity index (χ0v) is 18.4. The van der Waals surface area contributed by atoms with Gasteiger partial charge in [-0.1, -0.05) is 0 Å². The average molecular weight is 441 g/mol. The third kappa shape index (κ3) is 3.15. The molecule has 5 rings (SSSR count). The van der Waals surface area contributed by atoms with Crippen molar-refractivity contribution in [2.75, 3.05) is 46.3 Å². The molecule has 11 nitrogen and oxygen atoms in total. The Morgan fingerprint density at radius 3 is 2.59 bits per heavy atom. The molecular formula is C21H27N7O4. The molecule has 1 aromatic rings. The predicted octanol–water partition coefficient (Wildman–Crippen LogP) is 0.152. The highest BCUT2D eigenvalue weighted by Gasteiger charge is 2.53. The Kier molecular flexibility index (Phi) is 4.92. The number of imide groups is 1. The number of furan rings is 1. The number of likely N-dealkylation sites (N-methyl/N-ethyl adjacent to an activating group) is 1. The smallest absolute Gasteiger partial charge is 0.325 e. The van der Waals surface area contributed by atoms with Crippen molar-refractivity contribution >= 4 is 23.8 Å². The number of fused-ring (bicyclic) bond motifs is 3. The van der Waals surface area contributed by atoms with Crippen LogP contribution in [-0.4, -0.2) is 107 Å². The molecule has 32 heavy (non-hydrogen) atoms. The molecule has 2 fully saturated rings. The minimum absolute atomic E-state index is 0.0703. The fourth-order valence-corrected chi connectivity index (χ4v) is 4.77. The molecule has 0 bridgehead atoms. The minimum Gasteiger partial charge on any atom is -0.459 e. The molecular weight excluding hydrogens is 414 g/mol. The highest BCUT2D eigenvalue weighted by Crippen LogP contribution is 2.35. The van der Waals surface area contributed by atoms with Gasteiger partial charge in [-0.3, -0.25) is 24.7 Å². The monoisotopic (exact) mass is 441 g/mol. The fourth-order valence-electron chi connectivity index (χ4n) is 4.77. The number of guanidine groups is 1. The first kappa shape index (κ1) is 20.6. The summed E-state index contributed by atoms with van der Waals surface area (Å²) >= 11 is 0. The van der Waals surface area contributed by atoms with E-state index in [-0.39, 0.29) is 11.8 Å². The molecule has 5 heterocycles. The summed E-state index contributed by atoms with van der Waals surface area (Å²) < 4.78 is 5.23. The molecule has 0 aliphatic carbocycles. The lowest BCUT2D eigenvalue weighted by atomic mass is 10.1. The van der Waals surface area contributed by atoms with E-state index in [1.807, 2.05) is 23.6 Å². The molecule has 2 atom stereocenters. The van der Waals surface area contributed by atoms with Crippen LogP contribution in [0.15, 0.2) is 39.2 Å². The van der Waals surface area contributed by atoms with Gasteiger partial charge in [0.15, 0.2) is 18.0 Å². The summed E-state index contributed by atoms with van der Waals surface area (Å²) in [6, 6.07) is 2.45. The Bertz CT molecular complexity index is 1010. The summed E-state index contributed by atoms with van der Waals surface area (Å²) in [5.74, 6) is 0.709. The zero-order valence-electron chi connectivity index (χ0n) is 18.4. The standard InChI is InChI=1S/C21H27N7O4/c1-13-14(2)28-16-17(24(3)21(31)23-18(16)29)22-20(28)27(13)11-8-25-6-9-26(10-7-25)19(30)15-5-4-12-32-15/h4-5,12,16-17H,6-11H2,1-3H3,(H,23,29,31). The summed E-state index contributed by atoms with van der Waals surface area (Å²) in [5.41, 5.74) is 2.03. The number of piperazine rings is 1. The number of amides is 4. The number of hydrogen-bond donors (Lipinski definition) is 1. The Balaban J connectivity index is 1.22. The number of carbonyl (C=O) groups excluding carboxylic acids is 3. The van der Waals surface area contributed by atoms with Crippen LogP contribution in [0.2, 0.25) is 0 Å². The second kappa shape index (κ2) is 7.66. The van der Waals surface area contributed by atoms with Gasteiger partial charge in [0.2, 0.25) is 5.96 Å². The maximum atomic E-state index is 12.5. The predicted molar refractivity (Wildman–Crippen MR) is 114 cm³/mol. The van der Waals surface area contributed by atoms with E-state index in [0.717, 1.165) is 37.0 Å². The van der Waals surface area contributed by atoms with Crippen LogP contribution in [-0.2, 0) is 4.79 Å². The summed E-state index contributed by atoms with van der Waals surface area (Å²) in [7, 11) is 1.66. The van der Waals surface area contributed by atoms with Crippen molar-refractivity contribution in [1.82, 2.24) is 29.8 Å². The summed E-state index contributed by atoms with van der Waals surface area (Å²) in [5, 5.41) is 2.42. The van der Waals surface area contributed by atoms with Crippen molar-refractivity contribution in [2.45, 2.75) is 26.1 Å². The maximum Gasteiger partial charge on any atom is 0.325 e. The van der Waals surface area contributed by atoms with Crippen molar-refractivity contribution in [1.29, 1.82) is 0 Å². The molecule has 1 aromatic heterocycles. The number of nitrogens with one attached hydrogen (secondary N) is 1. The van der Waals surface area contributed by atoms with Crippen LogP contribution < -0.4 is 5.32 Å². The largest absolute Gasteiger partial charge is 0.459 e. The number of allylic oxidation sites excluding steroid dienone is 2. The van der Waals surface area contributed by atoms with Gasteiger partial charge < -0.3 is 19.1 Å². The summed E-state index contributed by atoms with van der Waals surface area (Å²) in [6.07, 6.45) is 0.993. The van der Waals surface area contributed by atoms with Crippen LogP contribution in [0.1, 0.15) is 24.4 Å². The molecule has 0 aromatic carbocycles. The van der Waals surface area contributed by atoms with Gasteiger partial charge in [0, 0.05) is 57.7 Å². The van der Waals surface area contributed by atoms with E-state index >= 15 is 0 Å². The summed E-state index contributed by atoms with van der Waals surface area (Å²) in [4.78, 5) is 51.5. The van der Waals surface area contributed by atoms with Crippen molar-refractivity contribution in [3.8, 4) is 0 Å². The van der Waals surface area contributed by atoms with E-state index in [1.165, 1.54) is 11.2 Å². The number of urea groups is 1. The second-order valence-corrected chi connectivity index (χ2v) is 8.50. The number of carbonyl (C=O) groups is 3. The molecule has 2 unspecified atom stereocenters. The van der Waals surface area contributed by atoms with E-state index in [2.05, 4.69) is 15.1 Å². The van der Waals surface area contributed by atoms with Gasteiger partial charge in [0.25, 0.3) is 11.8 Å². The molecule has 4 aliphatic heterocycles. The molecule has 0 radical (unpaired) electrons. The quantitative estimate of drug-likeness (QED) is 0.709. The average Bonchev–Trinajstić information content (AvgIpc) is 3.50. The van der Waals surface area contributed by atoms with Crippen LogP contribution in [0.25, 0.3) is 0 Å². The van der Waals surface area contributed by atoms with Gasteiger partial charge in [-0.2, -0.15) is 0 Å². The number of nitrogens with zero attached hydrogens (tertiary/aromatic N) is 6. The molecule has 11 heteroatoms. The topological polar surface area (TPSA) is 105 Å². The Labute approximate surface area is 185 Å². The Morgan fingerprint density at radius 1 is 1.16 bits per heavy atom. The second-order valence-electron chi connectivity index (χ2n) is 8.50. The van der Waals surface area contributed by atoms with Gasteiger partial charge in [-0.05, 0) is 26.0 Å². The third-order valence-corrected chi connectivity index (χ3v) is 6.80. The van der Waals surface area contributed by atoms with Crippen LogP contribution in [0, 0.1) is 0 Å². The van der Waals surface area contributed by atoms with Crippen LogP contribution in [0.4, 0.5) is 4.79 Å². The third-order valence-electron chi connectivity index (χ3n) is 6.80. The molecule has 4 aliphatic rings. The van der Waals surface area contributed by atoms with Crippen molar-refractivity contribution in [3.05, 3.63) is 35.6 Å².